The largest absolute Gasteiger partial charge is 0.317 e. The van der Waals surface area contributed by atoms with Crippen molar-refractivity contribution >= 4 is 12.4 Å². The molecule has 1 heterocycles. The summed E-state index contributed by atoms with van der Waals surface area (Å²) in [5.74, 6) is 0. The standard InChI is InChI=1S/C18H23OP/c19-20(14-8-2-1-3-9-14)17-12-6-4-10-15(17)16-11-5-7-13-18(16)20/h1-3,8-9,17-18H,4-7,10-13H2. The second-order valence-electron chi connectivity index (χ2n) is 6.62. The van der Waals surface area contributed by atoms with Crippen LogP contribution in [0, 0.1) is 0 Å². The Balaban J connectivity index is 1.86. The Morgan fingerprint density at radius 3 is 1.90 bits per heavy atom. The second-order valence-corrected chi connectivity index (χ2v) is 9.80. The van der Waals surface area contributed by atoms with Gasteiger partial charge in [0.2, 0.25) is 0 Å². The first kappa shape index (κ1) is 12.9. The summed E-state index contributed by atoms with van der Waals surface area (Å²) >= 11 is 0. The third-order valence-corrected chi connectivity index (χ3v) is 9.75. The molecule has 0 spiro atoms. The van der Waals surface area contributed by atoms with Gasteiger partial charge in [0.25, 0.3) is 0 Å². The average molecular weight is 286 g/mol. The Hall–Kier alpha value is -0.810. The van der Waals surface area contributed by atoms with Crippen molar-refractivity contribution in [3.63, 3.8) is 0 Å². The van der Waals surface area contributed by atoms with E-state index in [2.05, 4.69) is 24.3 Å². The van der Waals surface area contributed by atoms with Crippen molar-refractivity contribution in [3.05, 3.63) is 41.5 Å². The zero-order valence-corrected chi connectivity index (χ0v) is 12.9. The highest BCUT2D eigenvalue weighted by Gasteiger charge is 2.52. The molecular formula is C18H23OP. The smallest absolute Gasteiger partial charge is 0.129 e. The summed E-state index contributed by atoms with van der Waals surface area (Å²) in [5, 5.41) is 1.16. The van der Waals surface area contributed by atoms with E-state index in [4.69, 9.17) is 0 Å². The summed E-state index contributed by atoms with van der Waals surface area (Å²) in [6.07, 6.45) is 9.97. The first-order valence-corrected chi connectivity index (χ1v) is 10.0. The van der Waals surface area contributed by atoms with Crippen LogP contribution in [0.2, 0.25) is 0 Å². The molecule has 3 aliphatic rings. The molecule has 0 amide bonds. The highest BCUT2D eigenvalue weighted by atomic mass is 31.2. The van der Waals surface area contributed by atoms with E-state index < -0.39 is 7.14 Å². The first-order chi connectivity index (χ1) is 9.82. The molecule has 0 bridgehead atoms. The molecule has 20 heavy (non-hydrogen) atoms. The van der Waals surface area contributed by atoms with Crippen molar-refractivity contribution in [3.8, 4) is 0 Å². The zero-order valence-electron chi connectivity index (χ0n) is 12.1. The molecule has 2 fully saturated rings. The van der Waals surface area contributed by atoms with Crippen molar-refractivity contribution < 1.29 is 4.57 Å². The van der Waals surface area contributed by atoms with Crippen molar-refractivity contribution in [2.75, 3.05) is 0 Å². The van der Waals surface area contributed by atoms with Gasteiger partial charge in [-0.05, 0) is 38.5 Å². The van der Waals surface area contributed by atoms with E-state index in [9.17, 15) is 4.57 Å². The van der Waals surface area contributed by atoms with Crippen molar-refractivity contribution in [2.24, 2.45) is 0 Å². The Morgan fingerprint density at radius 2 is 1.35 bits per heavy atom. The van der Waals surface area contributed by atoms with Gasteiger partial charge in [0.1, 0.15) is 7.14 Å². The molecule has 2 heteroatoms. The zero-order chi connectivity index (χ0) is 13.6. The molecule has 1 nitrogen and oxygen atoms in total. The molecule has 1 aromatic carbocycles. The van der Waals surface area contributed by atoms with Crippen LogP contribution >= 0.6 is 7.14 Å². The molecular weight excluding hydrogens is 263 g/mol. The maximum Gasteiger partial charge on any atom is 0.129 e. The van der Waals surface area contributed by atoms with Crippen LogP contribution in [0.4, 0.5) is 0 Å². The van der Waals surface area contributed by atoms with E-state index in [-0.39, 0.29) is 0 Å². The number of allylic oxidation sites excluding steroid dienone is 2. The predicted molar refractivity (Wildman–Crippen MR) is 85.2 cm³/mol. The Bertz CT molecular complexity index is 557. The SMILES string of the molecule is O=P1(c2ccccc2)C2CCCCC2=C2CCCCC21. The summed E-state index contributed by atoms with van der Waals surface area (Å²) in [4.78, 5) is 0. The number of rotatable bonds is 1. The van der Waals surface area contributed by atoms with Crippen LogP contribution in [0.5, 0.6) is 0 Å². The summed E-state index contributed by atoms with van der Waals surface area (Å²) < 4.78 is 14.1. The molecule has 1 aromatic rings. The third kappa shape index (κ3) is 1.72. The molecule has 2 unspecified atom stereocenters. The van der Waals surface area contributed by atoms with Crippen molar-refractivity contribution in [1.82, 2.24) is 0 Å². The topological polar surface area (TPSA) is 17.1 Å². The normalized spacial score (nSPS) is 36.6. The monoisotopic (exact) mass is 286 g/mol. The number of hydrogen-bond acceptors (Lipinski definition) is 1. The van der Waals surface area contributed by atoms with Gasteiger partial charge in [-0.2, -0.15) is 0 Å². The summed E-state index contributed by atoms with van der Waals surface area (Å²) in [7, 11) is -2.26. The molecule has 2 atom stereocenters. The lowest BCUT2D eigenvalue weighted by atomic mass is 9.84. The lowest BCUT2D eigenvalue weighted by Crippen LogP contribution is -2.24. The van der Waals surface area contributed by atoms with Gasteiger partial charge in [-0.25, -0.2) is 0 Å². The second kappa shape index (κ2) is 4.88. The highest BCUT2D eigenvalue weighted by Crippen LogP contribution is 2.69. The highest BCUT2D eigenvalue weighted by molar-refractivity contribution is 7.73. The minimum Gasteiger partial charge on any atom is -0.317 e. The van der Waals surface area contributed by atoms with Crippen LogP contribution in [0.15, 0.2) is 41.5 Å². The molecule has 106 valence electrons. The molecule has 0 saturated heterocycles. The van der Waals surface area contributed by atoms with Crippen LogP contribution in [0.25, 0.3) is 0 Å². The van der Waals surface area contributed by atoms with E-state index in [0.717, 1.165) is 5.30 Å². The van der Waals surface area contributed by atoms with Crippen LogP contribution < -0.4 is 5.30 Å². The molecule has 2 saturated carbocycles. The van der Waals surface area contributed by atoms with Crippen molar-refractivity contribution in [1.29, 1.82) is 0 Å². The molecule has 0 N–H and O–H groups in total. The fourth-order valence-corrected chi connectivity index (χ4v) is 9.26. The molecule has 0 radical (unpaired) electrons. The quantitative estimate of drug-likeness (QED) is 0.531. The minimum absolute atomic E-state index is 0.400. The third-order valence-electron chi connectivity index (χ3n) is 5.65. The van der Waals surface area contributed by atoms with Gasteiger partial charge in [0.15, 0.2) is 0 Å². The van der Waals surface area contributed by atoms with Crippen LogP contribution in [-0.2, 0) is 4.57 Å². The van der Waals surface area contributed by atoms with Crippen LogP contribution in [0.1, 0.15) is 51.4 Å². The Morgan fingerprint density at radius 1 is 0.800 bits per heavy atom. The van der Waals surface area contributed by atoms with E-state index in [1.807, 2.05) is 6.07 Å². The van der Waals surface area contributed by atoms with E-state index >= 15 is 0 Å². The van der Waals surface area contributed by atoms with Gasteiger partial charge in [0, 0.05) is 16.6 Å². The summed E-state index contributed by atoms with van der Waals surface area (Å²) in [5.41, 5.74) is 4.06. The van der Waals surface area contributed by atoms with E-state index in [1.54, 1.807) is 11.1 Å². The molecule has 2 aliphatic carbocycles. The van der Waals surface area contributed by atoms with Gasteiger partial charge < -0.3 is 4.57 Å². The fourth-order valence-electron chi connectivity index (χ4n) is 4.82. The van der Waals surface area contributed by atoms with Gasteiger partial charge in [-0.3, -0.25) is 0 Å². The van der Waals surface area contributed by atoms with Gasteiger partial charge in [-0.1, -0.05) is 54.3 Å². The van der Waals surface area contributed by atoms with Gasteiger partial charge >= 0.3 is 0 Å². The van der Waals surface area contributed by atoms with Crippen LogP contribution in [0.3, 0.4) is 0 Å². The average Bonchev–Trinajstić information content (AvgIpc) is 2.80. The van der Waals surface area contributed by atoms with E-state index in [0.29, 0.717) is 11.3 Å². The van der Waals surface area contributed by atoms with Crippen LogP contribution in [-0.4, -0.2) is 11.3 Å². The summed E-state index contributed by atoms with van der Waals surface area (Å²) in [6.45, 7) is 0. The maximum absolute atomic E-state index is 14.1. The van der Waals surface area contributed by atoms with Crippen molar-refractivity contribution in [2.45, 2.75) is 62.7 Å². The number of fused-ring (bicyclic) bond motifs is 2. The fraction of sp³-hybridized carbons (Fsp3) is 0.556. The summed E-state index contributed by atoms with van der Waals surface area (Å²) in [6, 6.07) is 10.4. The Labute approximate surface area is 121 Å². The maximum atomic E-state index is 14.1. The minimum atomic E-state index is -2.26. The molecule has 4 rings (SSSR count). The van der Waals surface area contributed by atoms with Gasteiger partial charge in [0.05, 0.1) is 0 Å². The molecule has 0 aromatic heterocycles. The predicted octanol–water partition coefficient (Wildman–Crippen LogP) is 4.87. The van der Waals surface area contributed by atoms with E-state index in [1.165, 1.54) is 51.4 Å². The lowest BCUT2D eigenvalue weighted by molar-refractivity contribution is 0.545. The van der Waals surface area contributed by atoms with Gasteiger partial charge in [-0.15, -0.1) is 0 Å². The lowest BCUT2D eigenvalue weighted by Gasteiger charge is -2.31. The first-order valence-electron chi connectivity index (χ1n) is 8.18. The number of hydrogen-bond donors (Lipinski definition) is 0. The number of benzene rings is 1. The Kier molecular flexibility index (Phi) is 3.15. The molecule has 1 aliphatic heterocycles.